The van der Waals surface area contributed by atoms with Crippen molar-refractivity contribution in [1.29, 1.82) is 0 Å². The highest BCUT2D eigenvalue weighted by molar-refractivity contribution is 6.12. The maximum Gasteiger partial charge on any atom is 0.417 e. The van der Waals surface area contributed by atoms with Gasteiger partial charge in [-0.1, -0.05) is 145 Å². The number of aromatic nitrogens is 4. The maximum absolute atomic E-state index is 15.3. The third-order valence-electron chi connectivity index (χ3n) is 11.7. The van der Waals surface area contributed by atoms with E-state index < -0.39 is 23.5 Å². The van der Waals surface area contributed by atoms with Crippen LogP contribution >= 0.6 is 0 Å². The summed E-state index contributed by atoms with van der Waals surface area (Å²) in [5.41, 5.74) is 4.48. The topological polar surface area (TPSA) is 43.6 Å². The van der Waals surface area contributed by atoms with Gasteiger partial charge in [-0.3, -0.25) is 0 Å². The molecule has 10 rings (SSSR count). The highest BCUT2D eigenvalue weighted by Gasteiger charge is 2.37. The van der Waals surface area contributed by atoms with Crippen molar-refractivity contribution in [3.8, 4) is 73.2 Å². The van der Waals surface area contributed by atoms with Gasteiger partial charge in [-0.15, -0.1) is 0 Å². The first-order chi connectivity index (χ1) is 31.3. The summed E-state index contributed by atoms with van der Waals surface area (Å²) in [4.78, 5) is 14.6. The number of alkyl halides is 6. The molecule has 0 N–H and O–H groups in total. The van der Waals surface area contributed by atoms with E-state index >= 15 is 26.3 Å². The summed E-state index contributed by atoms with van der Waals surface area (Å²) in [5.74, 6) is 0.603. The number of fused-ring (bicyclic) bond motifs is 3. The van der Waals surface area contributed by atoms with Crippen LogP contribution in [-0.2, 0) is 12.4 Å². The molecule has 10 aromatic rings. The van der Waals surface area contributed by atoms with Gasteiger partial charge in [0.05, 0.1) is 27.8 Å². The third-order valence-corrected chi connectivity index (χ3v) is 11.7. The van der Waals surface area contributed by atoms with E-state index in [1.165, 1.54) is 36.4 Å². The highest BCUT2D eigenvalue weighted by atomic mass is 19.4. The zero-order valence-electron chi connectivity index (χ0n) is 34.9. The molecule has 0 saturated heterocycles. The van der Waals surface area contributed by atoms with Gasteiger partial charge in [-0.25, -0.2) is 15.0 Å². The summed E-state index contributed by atoms with van der Waals surface area (Å²) in [6.45, 7) is 4.05. The number of nitrogens with zero attached hydrogens (tertiary/aromatic N) is 4. The average molecular weight is 867 g/mol. The molecule has 0 aliphatic carbocycles. The fourth-order valence-corrected chi connectivity index (χ4v) is 8.80. The van der Waals surface area contributed by atoms with Gasteiger partial charge in [0.2, 0.25) is 0 Å². The zero-order valence-corrected chi connectivity index (χ0v) is 34.9. The molecule has 10 heteroatoms. The van der Waals surface area contributed by atoms with Gasteiger partial charge in [0.15, 0.2) is 17.5 Å². The van der Waals surface area contributed by atoms with Crippen molar-refractivity contribution in [1.82, 2.24) is 19.5 Å². The van der Waals surface area contributed by atoms with Crippen molar-refractivity contribution in [2.45, 2.75) is 26.2 Å². The Bertz CT molecular complexity index is 3290. The Kier molecular flexibility index (Phi) is 10.2. The van der Waals surface area contributed by atoms with Crippen molar-refractivity contribution < 1.29 is 26.3 Å². The van der Waals surface area contributed by atoms with Crippen LogP contribution in [0.25, 0.3) is 95.0 Å². The van der Waals surface area contributed by atoms with Gasteiger partial charge >= 0.3 is 12.4 Å². The minimum Gasteiger partial charge on any atom is -0.308 e. The lowest BCUT2D eigenvalue weighted by Gasteiger charge is -2.24. The maximum atomic E-state index is 15.3. The van der Waals surface area contributed by atoms with E-state index in [-0.39, 0.29) is 51.0 Å². The molecule has 318 valence electrons. The van der Waals surface area contributed by atoms with Crippen molar-refractivity contribution in [2.75, 3.05) is 0 Å². The normalized spacial score (nSPS) is 12.0. The van der Waals surface area contributed by atoms with E-state index in [9.17, 15) is 0 Å². The number of rotatable bonds is 7. The van der Waals surface area contributed by atoms with Crippen LogP contribution in [0.15, 0.2) is 182 Å². The predicted molar refractivity (Wildman–Crippen MR) is 246 cm³/mol. The van der Waals surface area contributed by atoms with Crippen LogP contribution in [0, 0.1) is 13.8 Å². The molecule has 0 spiro atoms. The molecule has 4 nitrogen and oxygen atoms in total. The van der Waals surface area contributed by atoms with Gasteiger partial charge in [0.1, 0.15) is 0 Å². The second-order valence-electron chi connectivity index (χ2n) is 15.9. The number of aryl methyl sites for hydroxylation is 2. The van der Waals surface area contributed by atoms with E-state index in [0.717, 1.165) is 45.2 Å². The smallest absolute Gasteiger partial charge is 0.308 e. The summed E-state index contributed by atoms with van der Waals surface area (Å²) in [5, 5.41) is 1.53. The third kappa shape index (κ3) is 7.60. The average Bonchev–Trinajstić information content (AvgIpc) is 3.64. The fraction of sp³-hybridized carbons (Fsp3) is 0.0727. The van der Waals surface area contributed by atoms with E-state index in [1.807, 2.05) is 123 Å². The Morgan fingerprint density at radius 3 is 1.38 bits per heavy atom. The summed E-state index contributed by atoms with van der Waals surface area (Å²) < 4.78 is 93.8. The first-order valence-electron chi connectivity index (χ1n) is 20.8. The van der Waals surface area contributed by atoms with Gasteiger partial charge in [0.25, 0.3) is 0 Å². The van der Waals surface area contributed by atoms with Crippen molar-refractivity contribution in [3.63, 3.8) is 0 Å². The molecule has 0 fully saturated rings. The number of hydrogen-bond donors (Lipinski definition) is 0. The Morgan fingerprint density at radius 1 is 0.369 bits per heavy atom. The Labute approximate surface area is 370 Å². The first-order valence-corrected chi connectivity index (χ1v) is 20.8. The first kappa shape index (κ1) is 41.2. The Hall–Kier alpha value is -7.85. The lowest BCUT2D eigenvalue weighted by Crippen LogP contribution is -2.11. The molecule has 2 heterocycles. The summed E-state index contributed by atoms with van der Waals surface area (Å²) in [6, 6.07) is 51.1. The second-order valence-corrected chi connectivity index (χ2v) is 15.9. The zero-order chi connectivity index (χ0) is 45.0. The SMILES string of the molecule is Cc1ccc(-c2ccc3c(c2)c2ccccc2n3-c2c(-c3ccccc3C(F)(F)F)cc(-c3nc(-c4ccccc4)nc(-c4ccccc4)n3)cc2-c2ccccc2C(F)(F)F)c(C)c1. The molecule has 0 aliphatic heterocycles. The minimum atomic E-state index is -4.84. The van der Waals surface area contributed by atoms with Gasteiger partial charge < -0.3 is 4.57 Å². The van der Waals surface area contributed by atoms with Crippen molar-refractivity contribution in [3.05, 3.63) is 204 Å². The number of para-hydroxylation sites is 1. The van der Waals surface area contributed by atoms with Crippen LogP contribution in [0.2, 0.25) is 0 Å². The predicted octanol–water partition coefficient (Wildman–Crippen LogP) is 15.6. The molecule has 65 heavy (non-hydrogen) atoms. The van der Waals surface area contributed by atoms with E-state index in [4.69, 9.17) is 15.0 Å². The summed E-state index contributed by atoms with van der Waals surface area (Å²) in [7, 11) is 0. The molecule has 0 amide bonds. The van der Waals surface area contributed by atoms with E-state index in [0.29, 0.717) is 22.2 Å². The monoisotopic (exact) mass is 866 g/mol. The number of halogens is 6. The molecular formula is C55H36F6N4. The molecule has 0 radical (unpaired) electrons. The van der Waals surface area contributed by atoms with Crippen LogP contribution in [0.4, 0.5) is 26.3 Å². The Balaban J connectivity index is 1.37. The Morgan fingerprint density at radius 2 is 0.846 bits per heavy atom. The van der Waals surface area contributed by atoms with Gasteiger partial charge in [-0.05, 0) is 84.1 Å². The quantitative estimate of drug-likeness (QED) is 0.150. The summed E-state index contributed by atoms with van der Waals surface area (Å²) >= 11 is 0. The second kappa shape index (κ2) is 16.1. The molecule has 0 aliphatic rings. The standard InChI is InChI=1S/C55H36F6N4/c1-33-25-27-39(34(2)29-33)37-26-28-49-43(30-37)42-21-11-14-24-48(42)65(49)50-44(40-19-9-12-22-46(40)54(56,57)58)31-38(32-45(50)41-20-10-13-23-47(41)55(59,60)61)53-63-51(35-15-5-3-6-16-35)62-52(64-53)36-17-7-4-8-18-36/h3-32H,1-2H3. The number of benzene rings is 8. The minimum absolute atomic E-state index is 0.0199. The lowest BCUT2D eigenvalue weighted by molar-refractivity contribution is -0.137. The fourth-order valence-electron chi connectivity index (χ4n) is 8.80. The van der Waals surface area contributed by atoms with Gasteiger partial charge in [-0.2, -0.15) is 26.3 Å². The largest absolute Gasteiger partial charge is 0.417 e. The van der Waals surface area contributed by atoms with E-state index in [1.54, 1.807) is 16.7 Å². The molecule has 8 aromatic carbocycles. The van der Waals surface area contributed by atoms with Crippen LogP contribution in [-0.4, -0.2) is 19.5 Å². The molecule has 0 unspecified atom stereocenters. The number of hydrogen-bond acceptors (Lipinski definition) is 3. The van der Waals surface area contributed by atoms with E-state index in [2.05, 4.69) is 12.1 Å². The lowest BCUT2D eigenvalue weighted by atomic mass is 9.88. The highest BCUT2D eigenvalue weighted by Crippen LogP contribution is 2.49. The molecule has 0 bridgehead atoms. The molecule has 0 saturated carbocycles. The van der Waals surface area contributed by atoms with Gasteiger partial charge in [0, 0.05) is 38.6 Å². The molecular weight excluding hydrogens is 831 g/mol. The van der Waals surface area contributed by atoms with Crippen LogP contribution < -0.4 is 0 Å². The molecule has 2 aromatic heterocycles. The summed E-state index contributed by atoms with van der Waals surface area (Å²) in [6.07, 6.45) is -9.69. The molecule has 0 atom stereocenters. The van der Waals surface area contributed by atoms with Crippen LogP contribution in [0.3, 0.4) is 0 Å². The van der Waals surface area contributed by atoms with Crippen molar-refractivity contribution >= 4 is 21.8 Å². The van der Waals surface area contributed by atoms with Crippen molar-refractivity contribution in [2.24, 2.45) is 0 Å². The van der Waals surface area contributed by atoms with Crippen LogP contribution in [0.5, 0.6) is 0 Å². The van der Waals surface area contributed by atoms with Crippen LogP contribution in [0.1, 0.15) is 22.3 Å².